The summed E-state index contributed by atoms with van der Waals surface area (Å²) in [7, 11) is 4.77. The number of hydrogen-bond donors (Lipinski definition) is 1. The van der Waals surface area contributed by atoms with E-state index < -0.39 is 0 Å². The summed E-state index contributed by atoms with van der Waals surface area (Å²) in [4.78, 5) is 14.3. The van der Waals surface area contributed by atoms with Gasteiger partial charge in [0.05, 0.1) is 50.3 Å². The number of methoxy groups -OCH3 is 3. The summed E-state index contributed by atoms with van der Waals surface area (Å²) < 4.78 is 20.4. The normalized spacial score (nSPS) is 12.8. The predicted octanol–water partition coefficient (Wildman–Crippen LogP) is 6.30. The summed E-state index contributed by atoms with van der Waals surface area (Å²) in [6.07, 6.45) is 5.49. The number of imidazole rings is 1. The average molecular weight is 520 g/mol. The molecule has 0 saturated heterocycles. The summed E-state index contributed by atoms with van der Waals surface area (Å²) >= 11 is 0. The number of ether oxygens (including phenoxy) is 3. The minimum Gasteiger partial charge on any atom is -0.493 e. The lowest BCUT2D eigenvalue weighted by Gasteiger charge is -2.14. The molecule has 0 saturated carbocycles. The first-order valence-corrected chi connectivity index (χ1v) is 12.8. The van der Waals surface area contributed by atoms with Crippen LogP contribution in [0.2, 0.25) is 0 Å². The van der Waals surface area contributed by atoms with Crippen molar-refractivity contribution in [3.05, 3.63) is 42.8 Å². The largest absolute Gasteiger partial charge is 0.493 e. The molecule has 0 radical (unpaired) electrons. The van der Waals surface area contributed by atoms with Crippen LogP contribution < -0.4 is 19.5 Å². The van der Waals surface area contributed by atoms with Gasteiger partial charge >= 0.3 is 0 Å². The molecule has 0 fully saturated rings. The summed E-state index contributed by atoms with van der Waals surface area (Å²) in [5, 5.41) is 9.37. The summed E-state index contributed by atoms with van der Waals surface area (Å²) in [6.45, 7) is 14.6. The number of rotatable bonds is 11. The highest BCUT2D eigenvalue weighted by atomic mass is 16.5. The highest BCUT2D eigenvalue weighted by Gasteiger charge is 2.24. The van der Waals surface area contributed by atoms with Crippen LogP contribution >= 0.6 is 0 Å². The zero-order valence-electron chi connectivity index (χ0n) is 23.5. The van der Waals surface area contributed by atoms with Gasteiger partial charge in [-0.05, 0) is 32.3 Å². The van der Waals surface area contributed by atoms with Crippen LogP contribution in [-0.2, 0) is 0 Å². The second-order valence-corrected chi connectivity index (χ2v) is 9.45. The Morgan fingerprint density at radius 3 is 2.26 bits per heavy atom. The number of allylic oxidation sites excluding steroid dienone is 1. The molecule has 10 nitrogen and oxygen atoms in total. The van der Waals surface area contributed by atoms with E-state index in [-0.39, 0.29) is 12.0 Å². The Bertz CT molecular complexity index is 1430. The van der Waals surface area contributed by atoms with Crippen molar-refractivity contribution in [2.75, 3.05) is 26.6 Å². The molecule has 10 heteroatoms. The van der Waals surface area contributed by atoms with Crippen molar-refractivity contribution < 1.29 is 14.2 Å². The van der Waals surface area contributed by atoms with Gasteiger partial charge in [-0.15, -0.1) is 0 Å². The fourth-order valence-electron chi connectivity index (χ4n) is 4.23. The molecule has 1 aromatic carbocycles. The van der Waals surface area contributed by atoms with E-state index >= 15 is 0 Å². The van der Waals surface area contributed by atoms with E-state index in [1.807, 2.05) is 34.5 Å². The van der Waals surface area contributed by atoms with Gasteiger partial charge in [0.15, 0.2) is 23.0 Å². The Kier molecular flexibility index (Phi) is 7.89. The quantitative estimate of drug-likeness (QED) is 0.246. The van der Waals surface area contributed by atoms with Gasteiger partial charge in [0.1, 0.15) is 18.0 Å². The summed E-state index contributed by atoms with van der Waals surface area (Å²) in [6, 6.07) is 3.92. The lowest BCUT2D eigenvalue weighted by atomic mass is 10.0. The average Bonchev–Trinajstić information content (AvgIpc) is 3.56. The third kappa shape index (κ3) is 4.90. The summed E-state index contributed by atoms with van der Waals surface area (Å²) in [5.74, 6) is 3.74. The molecule has 4 rings (SSSR count). The van der Waals surface area contributed by atoms with Gasteiger partial charge in [0.25, 0.3) is 0 Å². The number of hydrogen-bond acceptors (Lipinski definition) is 8. The third-order valence-corrected chi connectivity index (χ3v) is 6.82. The van der Waals surface area contributed by atoms with Crippen molar-refractivity contribution in [1.29, 1.82) is 0 Å². The molecule has 2 atom stereocenters. The van der Waals surface area contributed by atoms with E-state index in [4.69, 9.17) is 29.3 Å². The van der Waals surface area contributed by atoms with E-state index in [1.165, 1.54) is 0 Å². The maximum atomic E-state index is 5.52. The number of benzene rings is 1. The molecular formula is C28H37N7O3. The topological polar surface area (TPSA) is 101 Å². The van der Waals surface area contributed by atoms with Crippen molar-refractivity contribution >= 4 is 28.2 Å². The molecule has 4 aromatic rings. The first kappa shape index (κ1) is 27.0. The number of aromatic nitrogens is 6. The van der Waals surface area contributed by atoms with Gasteiger partial charge in [-0.3, -0.25) is 0 Å². The van der Waals surface area contributed by atoms with E-state index in [1.54, 1.807) is 27.7 Å². The van der Waals surface area contributed by atoms with Crippen molar-refractivity contribution in [2.45, 2.75) is 59.4 Å². The third-order valence-electron chi connectivity index (χ3n) is 6.82. The first-order chi connectivity index (χ1) is 18.3. The molecule has 202 valence electrons. The van der Waals surface area contributed by atoms with Crippen LogP contribution in [0.3, 0.4) is 0 Å². The number of fused-ring (bicyclic) bond motifs is 1. The molecule has 0 aliphatic rings. The molecule has 3 aromatic heterocycles. The molecule has 1 N–H and O–H groups in total. The lowest BCUT2D eigenvalue weighted by Crippen LogP contribution is -2.08. The van der Waals surface area contributed by atoms with Crippen LogP contribution in [-0.4, -0.2) is 50.6 Å². The molecule has 0 amide bonds. The molecule has 1 unspecified atom stereocenters. The van der Waals surface area contributed by atoms with Crippen molar-refractivity contribution in [3.63, 3.8) is 0 Å². The van der Waals surface area contributed by atoms with Crippen LogP contribution in [0.5, 0.6) is 17.2 Å². The van der Waals surface area contributed by atoms with Gasteiger partial charge in [-0.25, -0.2) is 19.6 Å². The smallest absolute Gasteiger partial charge is 0.203 e. The number of anilines is 2. The Balaban J connectivity index is 1.83. The van der Waals surface area contributed by atoms with E-state index in [2.05, 4.69) is 44.6 Å². The fraction of sp³-hybridized carbons (Fsp3) is 0.429. The molecule has 0 bridgehead atoms. The summed E-state index contributed by atoms with van der Waals surface area (Å²) in [5.41, 5.74) is 3.36. The molecule has 0 spiro atoms. The monoisotopic (exact) mass is 519 g/mol. The second-order valence-electron chi connectivity index (χ2n) is 9.45. The molecule has 3 heterocycles. The standard InChI is InChI=1S/C28H37N7O3/c1-10-17(5)24-23-27(31-26(16(3)4)32-28(23)35(33-24)18(6)11-2)30-22-14-34(15-29-22)19-12-20(36-7)25(38-9)21(13-19)37-8/h12-15,17-18H,3,10-11H2,1-2,4-9H3,(H,30,31,32)/t17?,18-/m1/s1. The Labute approximate surface area is 223 Å². The Hall–Kier alpha value is -4.08. The number of nitrogens with zero attached hydrogens (tertiary/aromatic N) is 6. The van der Waals surface area contributed by atoms with Crippen molar-refractivity contribution in [2.24, 2.45) is 0 Å². The molecule has 0 aliphatic heterocycles. The predicted molar refractivity (Wildman–Crippen MR) is 150 cm³/mol. The fourth-order valence-corrected chi connectivity index (χ4v) is 4.23. The van der Waals surface area contributed by atoms with E-state index in [0.29, 0.717) is 34.7 Å². The van der Waals surface area contributed by atoms with Crippen LogP contribution in [0, 0.1) is 0 Å². The maximum absolute atomic E-state index is 5.52. The van der Waals surface area contributed by atoms with Crippen molar-refractivity contribution in [1.82, 2.24) is 29.3 Å². The van der Waals surface area contributed by atoms with Crippen LogP contribution in [0.1, 0.15) is 70.9 Å². The molecule has 0 aliphatic carbocycles. The lowest BCUT2D eigenvalue weighted by molar-refractivity contribution is 0.324. The zero-order chi connectivity index (χ0) is 27.6. The van der Waals surface area contributed by atoms with E-state index in [0.717, 1.165) is 40.8 Å². The first-order valence-electron chi connectivity index (χ1n) is 12.8. The van der Waals surface area contributed by atoms with Gasteiger partial charge < -0.3 is 24.1 Å². The molecule has 38 heavy (non-hydrogen) atoms. The maximum Gasteiger partial charge on any atom is 0.203 e. The Morgan fingerprint density at radius 1 is 1.03 bits per heavy atom. The van der Waals surface area contributed by atoms with Crippen molar-refractivity contribution in [3.8, 4) is 22.9 Å². The van der Waals surface area contributed by atoms with Crippen LogP contribution in [0.25, 0.3) is 22.3 Å². The van der Waals surface area contributed by atoms with E-state index in [9.17, 15) is 0 Å². The van der Waals surface area contributed by atoms with Crippen LogP contribution in [0.15, 0.2) is 31.2 Å². The van der Waals surface area contributed by atoms with Gasteiger partial charge in [-0.2, -0.15) is 5.10 Å². The second kappa shape index (κ2) is 11.1. The van der Waals surface area contributed by atoms with Gasteiger partial charge in [0, 0.05) is 18.1 Å². The zero-order valence-corrected chi connectivity index (χ0v) is 23.5. The van der Waals surface area contributed by atoms with Gasteiger partial charge in [-0.1, -0.05) is 27.4 Å². The van der Waals surface area contributed by atoms with Crippen LogP contribution in [0.4, 0.5) is 11.6 Å². The minimum atomic E-state index is 0.190. The molecular weight excluding hydrogens is 482 g/mol. The highest BCUT2D eigenvalue weighted by Crippen LogP contribution is 2.40. The van der Waals surface area contributed by atoms with Gasteiger partial charge in [0.2, 0.25) is 5.75 Å². The number of nitrogens with one attached hydrogen (secondary N) is 1. The SMILES string of the molecule is C=C(C)c1nc(Nc2cn(-c3cc(OC)c(OC)c(OC)c3)cn2)c2c(C(C)CC)nn([C@H](C)CC)c2n1. The Morgan fingerprint density at radius 2 is 1.71 bits per heavy atom. The minimum absolute atomic E-state index is 0.190. The highest BCUT2D eigenvalue weighted by molar-refractivity contribution is 5.92.